The van der Waals surface area contributed by atoms with Crippen molar-refractivity contribution >= 4 is 28.7 Å². The first kappa shape index (κ1) is 15.4. The summed E-state index contributed by atoms with van der Waals surface area (Å²) in [5, 5.41) is 9.72. The van der Waals surface area contributed by atoms with Crippen LogP contribution in [0.25, 0.3) is 22.3 Å². The van der Waals surface area contributed by atoms with Crippen molar-refractivity contribution in [3.05, 3.63) is 53.2 Å². The second-order valence-electron chi connectivity index (χ2n) is 4.77. The first-order chi connectivity index (χ1) is 10.8. The molecule has 2 aromatic heterocycles. The molecule has 0 bridgehead atoms. The molecule has 8 heteroatoms. The highest BCUT2D eigenvalue weighted by atomic mass is 35.5. The van der Waals surface area contributed by atoms with Crippen LogP contribution in [-0.4, -0.2) is 20.8 Å². The fourth-order valence-corrected chi connectivity index (χ4v) is 2.46. The third kappa shape index (κ3) is 2.75. The van der Waals surface area contributed by atoms with E-state index in [1.165, 1.54) is 24.4 Å². The molecule has 0 radical (unpaired) electrons. The predicted octanol–water partition coefficient (Wildman–Crippen LogP) is 4.90. The van der Waals surface area contributed by atoms with E-state index in [9.17, 15) is 18.0 Å². The van der Waals surface area contributed by atoms with E-state index >= 15 is 0 Å². The third-order valence-corrected chi connectivity index (χ3v) is 3.54. The lowest BCUT2D eigenvalue weighted by Gasteiger charge is -2.13. The second kappa shape index (κ2) is 5.27. The van der Waals surface area contributed by atoms with Crippen LogP contribution in [0.3, 0.4) is 0 Å². The Labute approximate surface area is 132 Å². The summed E-state index contributed by atoms with van der Waals surface area (Å²) in [6.07, 6.45) is -4.57. The maximum absolute atomic E-state index is 13.2. The summed E-state index contributed by atoms with van der Waals surface area (Å²) >= 11 is 5.80. The average molecular weight is 341 g/mol. The number of alkyl halides is 3. The molecule has 0 aliphatic rings. The van der Waals surface area contributed by atoms with Gasteiger partial charge in [0.05, 0.1) is 11.3 Å². The van der Waals surface area contributed by atoms with Crippen LogP contribution < -0.4 is 0 Å². The van der Waals surface area contributed by atoms with Gasteiger partial charge in [-0.1, -0.05) is 11.6 Å². The van der Waals surface area contributed by atoms with E-state index in [4.69, 9.17) is 16.7 Å². The lowest BCUT2D eigenvalue weighted by atomic mass is 10.0. The van der Waals surface area contributed by atoms with E-state index in [-0.39, 0.29) is 21.9 Å². The quantitative estimate of drug-likeness (QED) is 0.685. The van der Waals surface area contributed by atoms with Crippen molar-refractivity contribution in [2.75, 3.05) is 0 Å². The fourth-order valence-electron chi connectivity index (χ4n) is 2.29. The number of rotatable bonds is 1. The summed E-state index contributed by atoms with van der Waals surface area (Å²) in [6, 6.07) is 7.61. The van der Waals surface area contributed by atoms with E-state index in [1.807, 2.05) is 0 Å². The van der Waals surface area contributed by atoms with Gasteiger partial charge in [-0.25, -0.2) is 14.3 Å². The van der Waals surface area contributed by atoms with Crippen LogP contribution in [0, 0.1) is 0 Å². The molecule has 23 heavy (non-hydrogen) atoms. The van der Waals surface area contributed by atoms with Crippen LogP contribution >= 0.6 is 11.6 Å². The Morgan fingerprint density at radius 3 is 2.57 bits per heavy atom. The number of benzene rings is 1. The van der Waals surface area contributed by atoms with Gasteiger partial charge in [-0.15, -0.1) is 0 Å². The Morgan fingerprint density at radius 1 is 1.17 bits per heavy atom. The number of fused-ring (bicyclic) bond motifs is 1. The minimum Gasteiger partial charge on any atom is -0.464 e. The lowest BCUT2D eigenvalue weighted by Crippen LogP contribution is -2.09. The van der Waals surface area contributed by atoms with Crippen LogP contribution in [0.2, 0.25) is 5.02 Å². The number of halogens is 4. The van der Waals surface area contributed by atoms with Crippen molar-refractivity contribution in [2.45, 2.75) is 6.18 Å². The van der Waals surface area contributed by atoms with Crippen molar-refractivity contribution < 1.29 is 23.1 Å². The summed E-state index contributed by atoms with van der Waals surface area (Å²) in [6.45, 7) is 0. The van der Waals surface area contributed by atoms with Gasteiger partial charge in [-0.05, 0) is 36.4 Å². The Kier molecular flexibility index (Phi) is 3.52. The average Bonchev–Trinajstić information content (AvgIpc) is 2.88. The Bertz CT molecular complexity index is 919. The SMILES string of the molecule is O=C(O)n1ccc2ccc(-c3cc(Cl)ccc3C(F)(F)F)nc21. The van der Waals surface area contributed by atoms with Gasteiger partial charge in [0.2, 0.25) is 0 Å². The summed E-state index contributed by atoms with van der Waals surface area (Å²) in [4.78, 5) is 15.2. The smallest absolute Gasteiger partial charge is 0.417 e. The molecule has 1 aromatic carbocycles. The monoisotopic (exact) mass is 340 g/mol. The number of hydrogen-bond acceptors (Lipinski definition) is 2. The van der Waals surface area contributed by atoms with Crippen molar-refractivity contribution in [2.24, 2.45) is 0 Å². The number of aromatic nitrogens is 2. The molecule has 118 valence electrons. The summed E-state index contributed by atoms with van der Waals surface area (Å²) in [5.41, 5.74) is -1.04. The van der Waals surface area contributed by atoms with Gasteiger partial charge < -0.3 is 5.11 Å². The molecular weight excluding hydrogens is 333 g/mol. The molecule has 0 atom stereocenters. The van der Waals surface area contributed by atoms with E-state index in [1.54, 1.807) is 0 Å². The Morgan fingerprint density at radius 2 is 1.91 bits per heavy atom. The minimum absolute atomic E-state index is 0.00600. The molecule has 4 nitrogen and oxygen atoms in total. The molecule has 0 amide bonds. The summed E-state index contributed by atoms with van der Waals surface area (Å²) in [7, 11) is 0. The van der Waals surface area contributed by atoms with E-state index < -0.39 is 17.8 Å². The zero-order valence-corrected chi connectivity index (χ0v) is 12.1. The third-order valence-electron chi connectivity index (χ3n) is 3.31. The van der Waals surface area contributed by atoms with Gasteiger partial charge in [-0.2, -0.15) is 13.2 Å². The highest BCUT2D eigenvalue weighted by Gasteiger charge is 2.34. The predicted molar refractivity (Wildman–Crippen MR) is 78.6 cm³/mol. The second-order valence-corrected chi connectivity index (χ2v) is 5.20. The fraction of sp³-hybridized carbons (Fsp3) is 0.0667. The zero-order valence-electron chi connectivity index (χ0n) is 11.3. The van der Waals surface area contributed by atoms with Crippen molar-refractivity contribution in [3.63, 3.8) is 0 Å². The van der Waals surface area contributed by atoms with Gasteiger partial charge in [-0.3, -0.25) is 0 Å². The summed E-state index contributed by atoms with van der Waals surface area (Å²) in [5.74, 6) is 0. The number of carboxylic acid groups (broad SMARTS) is 1. The first-order valence-electron chi connectivity index (χ1n) is 6.36. The first-order valence-corrected chi connectivity index (χ1v) is 6.73. The lowest BCUT2D eigenvalue weighted by molar-refractivity contribution is -0.137. The van der Waals surface area contributed by atoms with Gasteiger partial charge in [0.1, 0.15) is 5.65 Å². The molecular formula is C15H8ClF3N2O2. The molecule has 0 aliphatic carbocycles. The van der Waals surface area contributed by atoms with Gasteiger partial charge in [0.15, 0.2) is 0 Å². The summed E-state index contributed by atoms with van der Waals surface area (Å²) < 4.78 is 40.3. The normalized spacial score (nSPS) is 11.8. The molecule has 0 aliphatic heterocycles. The molecule has 0 saturated heterocycles. The number of hydrogen-bond donors (Lipinski definition) is 1. The van der Waals surface area contributed by atoms with Crippen molar-refractivity contribution in [1.29, 1.82) is 0 Å². The Hall–Kier alpha value is -2.54. The van der Waals surface area contributed by atoms with Crippen LogP contribution in [-0.2, 0) is 6.18 Å². The van der Waals surface area contributed by atoms with Gasteiger partial charge in [0.25, 0.3) is 0 Å². The number of nitrogens with zero attached hydrogens (tertiary/aromatic N) is 2. The van der Waals surface area contributed by atoms with Crippen LogP contribution in [0.15, 0.2) is 42.6 Å². The largest absolute Gasteiger partial charge is 0.464 e. The van der Waals surface area contributed by atoms with Crippen molar-refractivity contribution in [3.8, 4) is 11.3 Å². The molecule has 2 heterocycles. The van der Waals surface area contributed by atoms with Gasteiger partial charge >= 0.3 is 12.3 Å². The van der Waals surface area contributed by atoms with Crippen LogP contribution in [0.1, 0.15) is 5.56 Å². The standard InChI is InChI=1S/C15H8ClF3N2O2/c16-9-2-3-11(15(17,18)19)10(7-9)12-4-1-8-5-6-21(14(22)23)13(8)20-12/h1-7H,(H,22,23). The topological polar surface area (TPSA) is 55.1 Å². The van der Waals surface area contributed by atoms with E-state index in [0.717, 1.165) is 22.8 Å². The molecule has 0 spiro atoms. The van der Waals surface area contributed by atoms with Crippen LogP contribution in [0.5, 0.6) is 0 Å². The molecule has 3 rings (SSSR count). The highest BCUT2D eigenvalue weighted by Crippen LogP contribution is 2.38. The molecule has 0 saturated carbocycles. The Balaban J connectivity index is 2.26. The highest BCUT2D eigenvalue weighted by molar-refractivity contribution is 6.30. The van der Waals surface area contributed by atoms with Crippen molar-refractivity contribution in [1.82, 2.24) is 9.55 Å². The molecule has 1 N–H and O–H groups in total. The number of pyridine rings is 1. The van der Waals surface area contributed by atoms with E-state index in [2.05, 4.69) is 4.98 Å². The molecule has 3 aromatic rings. The molecule has 0 fully saturated rings. The number of carbonyl (C=O) groups is 1. The van der Waals surface area contributed by atoms with Gasteiger partial charge in [0, 0.05) is 22.2 Å². The van der Waals surface area contributed by atoms with E-state index in [0.29, 0.717) is 5.39 Å². The van der Waals surface area contributed by atoms with Crippen LogP contribution in [0.4, 0.5) is 18.0 Å². The zero-order chi connectivity index (χ0) is 16.8. The maximum Gasteiger partial charge on any atom is 0.417 e. The minimum atomic E-state index is -4.58. The molecule has 0 unspecified atom stereocenters. The maximum atomic E-state index is 13.2.